The third-order valence-electron chi connectivity index (χ3n) is 0.883. The number of nitrogens with zero attached hydrogens (tertiary/aromatic N) is 1. The SMILES string of the molecule is CN=S(C)(=O)CCN. The molecule has 1 unspecified atom stereocenters. The molecule has 0 aliphatic rings. The van der Waals surface area contributed by atoms with Crippen LogP contribution in [0.2, 0.25) is 0 Å². The summed E-state index contributed by atoms with van der Waals surface area (Å²) < 4.78 is 14.6. The topological polar surface area (TPSA) is 55.5 Å². The van der Waals surface area contributed by atoms with Crippen LogP contribution in [0.3, 0.4) is 0 Å². The van der Waals surface area contributed by atoms with Gasteiger partial charge < -0.3 is 5.73 Å². The van der Waals surface area contributed by atoms with Crippen molar-refractivity contribution in [3.63, 3.8) is 0 Å². The third kappa shape index (κ3) is 2.98. The van der Waals surface area contributed by atoms with Gasteiger partial charge >= 0.3 is 0 Å². The Balaban J connectivity index is 3.96. The second kappa shape index (κ2) is 3.04. The second-order valence-electron chi connectivity index (χ2n) is 1.63. The van der Waals surface area contributed by atoms with Crippen LogP contribution in [0.1, 0.15) is 0 Å². The lowest BCUT2D eigenvalue weighted by Gasteiger charge is -1.96. The van der Waals surface area contributed by atoms with E-state index in [1.807, 2.05) is 0 Å². The first-order chi connectivity index (χ1) is 3.62. The fourth-order valence-electron chi connectivity index (χ4n) is 0.310. The van der Waals surface area contributed by atoms with Crippen molar-refractivity contribution >= 4 is 9.73 Å². The Hall–Kier alpha value is -0.0900. The fraction of sp³-hybridized carbons (Fsp3) is 1.00. The van der Waals surface area contributed by atoms with E-state index in [-0.39, 0.29) is 0 Å². The van der Waals surface area contributed by atoms with E-state index in [4.69, 9.17) is 5.73 Å². The van der Waals surface area contributed by atoms with E-state index >= 15 is 0 Å². The van der Waals surface area contributed by atoms with Crippen molar-refractivity contribution in [1.29, 1.82) is 0 Å². The molecular weight excluding hydrogens is 124 g/mol. The number of hydrogen-bond donors (Lipinski definition) is 1. The maximum atomic E-state index is 10.9. The van der Waals surface area contributed by atoms with E-state index in [0.29, 0.717) is 12.3 Å². The highest BCUT2D eigenvalue weighted by Crippen LogP contribution is 1.84. The molecular formula is C4H12N2OS. The lowest BCUT2D eigenvalue weighted by Crippen LogP contribution is -2.13. The molecule has 3 nitrogen and oxygen atoms in total. The molecule has 8 heavy (non-hydrogen) atoms. The molecule has 0 aromatic carbocycles. The Morgan fingerprint density at radius 2 is 2.25 bits per heavy atom. The van der Waals surface area contributed by atoms with Crippen LogP contribution in [0.4, 0.5) is 0 Å². The van der Waals surface area contributed by atoms with Crippen LogP contribution in [-0.2, 0) is 9.73 Å². The quantitative estimate of drug-likeness (QED) is 0.565. The van der Waals surface area contributed by atoms with Gasteiger partial charge in [0, 0.05) is 35.3 Å². The first kappa shape index (κ1) is 7.91. The van der Waals surface area contributed by atoms with Gasteiger partial charge in [0.25, 0.3) is 0 Å². The summed E-state index contributed by atoms with van der Waals surface area (Å²) in [5.41, 5.74) is 5.15. The smallest absolute Gasteiger partial charge is 0.0448 e. The molecule has 0 saturated carbocycles. The zero-order valence-electron chi connectivity index (χ0n) is 5.26. The van der Waals surface area contributed by atoms with Crippen LogP contribution >= 0.6 is 0 Å². The molecule has 0 aliphatic heterocycles. The van der Waals surface area contributed by atoms with Gasteiger partial charge in [0.2, 0.25) is 0 Å². The average molecular weight is 136 g/mol. The molecule has 0 spiro atoms. The average Bonchev–Trinajstić information content (AvgIpc) is 1.67. The standard InChI is InChI=1S/C4H12N2OS/c1-6-8(2,7)4-3-5/h3-5H2,1-2H3. The predicted octanol–water partition coefficient (Wildman–Crippen LogP) is -0.327. The Morgan fingerprint density at radius 3 is 2.38 bits per heavy atom. The van der Waals surface area contributed by atoms with Gasteiger partial charge in [0.15, 0.2) is 0 Å². The summed E-state index contributed by atoms with van der Waals surface area (Å²) in [6.07, 6.45) is 1.61. The van der Waals surface area contributed by atoms with Gasteiger partial charge in [-0.2, -0.15) is 0 Å². The molecule has 50 valence electrons. The van der Waals surface area contributed by atoms with E-state index < -0.39 is 9.73 Å². The summed E-state index contributed by atoms with van der Waals surface area (Å²) in [4.78, 5) is 0. The number of hydrogen-bond acceptors (Lipinski definition) is 3. The van der Waals surface area contributed by atoms with E-state index in [1.54, 1.807) is 13.3 Å². The van der Waals surface area contributed by atoms with Crippen LogP contribution in [-0.4, -0.2) is 29.8 Å². The monoisotopic (exact) mass is 136 g/mol. The third-order valence-corrected chi connectivity index (χ3v) is 2.65. The highest BCUT2D eigenvalue weighted by Gasteiger charge is 1.93. The van der Waals surface area contributed by atoms with Crippen molar-refractivity contribution < 1.29 is 4.21 Å². The molecule has 2 N–H and O–H groups in total. The minimum atomic E-state index is -1.92. The second-order valence-corrected chi connectivity index (χ2v) is 4.33. The van der Waals surface area contributed by atoms with Crippen molar-refractivity contribution in [2.24, 2.45) is 10.1 Å². The minimum absolute atomic E-state index is 0.451. The maximum absolute atomic E-state index is 10.9. The molecule has 0 aliphatic carbocycles. The van der Waals surface area contributed by atoms with E-state index in [2.05, 4.69) is 4.36 Å². The minimum Gasteiger partial charge on any atom is -0.330 e. The molecule has 0 aromatic rings. The molecule has 0 rings (SSSR count). The molecule has 0 heterocycles. The molecule has 0 radical (unpaired) electrons. The zero-order chi connectivity index (χ0) is 6.62. The number of rotatable bonds is 2. The van der Waals surface area contributed by atoms with Crippen LogP contribution in [0, 0.1) is 0 Å². The maximum Gasteiger partial charge on any atom is 0.0448 e. The number of nitrogens with two attached hydrogens (primary N) is 1. The Labute approximate surface area is 50.5 Å². The molecule has 4 heteroatoms. The van der Waals surface area contributed by atoms with Gasteiger partial charge in [-0.3, -0.25) is 4.21 Å². The summed E-state index contributed by atoms with van der Waals surface area (Å²) in [5, 5.41) is 0. The molecule has 0 aromatic heterocycles. The van der Waals surface area contributed by atoms with Gasteiger partial charge in [-0.15, -0.1) is 0 Å². The highest BCUT2D eigenvalue weighted by atomic mass is 32.2. The van der Waals surface area contributed by atoms with Crippen molar-refractivity contribution in [2.75, 3.05) is 25.6 Å². The van der Waals surface area contributed by atoms with Crippen molar-refractivity contribution in [1.82, 2.24) is 0 Å². The van der Waals surface area contributed by atoms with Crippen LogP contribution in [0.25, 0.3) is 0 Å². The molecule has 0 saturated heterocycles. The van der Waals surface area contributed by atoms with E-state index in [9.17, 15) is 4.21 Å². The lowest BCUT2D eigenvalue weighted by molar-refractivity contribution is 0.679. The van der Waals surface area contributed by atoms with Gasteiger partial charge in [-0.25, -0.2) is 4.36 Å². The summed E-state index contributed by atoms with van der Waals surface area (Å²) in [6, 6.07) is 0. The van der Waals surface area contributed by atoms with Gasteiger partial charge in [0.1, 0.15) is 0 Å². The van der Waals surface area contributed by atoms with Crippen LogP contribution in [0.15, 0.2) is 4.36 Å². The first-order valence-corrected chi connectivity index (χ1v) is 4.49. The Bertz CT molecular complexity index is 157. The van der Waals surface area contributed by atoms with Gasteiger partial charge in [-0.05, 0) is 0 Å². The largest absolute Gasteiger partial charge is 0.330 e. The van der Waals surface area contributed by atoms with Gasteiger partial charge in [-0.1, -0.05) is 0 Å². The van der Waals surface area contributed by atoms with Crippen molar-refractivity contribution in [2.45, 2.75) is 0 Å². The van der Waals surface area contributed by atoms with Crippen LogP contribution < -0.4 is 5.73 Å². The van der Waals surface area contributed by atoms with E-state index in [1.165, 1.54) is 0 Å². The lowest BCUT2D eigenvalue weighted by atomic mass is 10.8. The molecule has 0 amide bonds. The molecule has 1 atom stereocenters. The summed E-state index contributed by atoms with van der Waals surface area (Å²) in [5.74, 6) is 0.503. The summed E-state index contributed by atoms with van der Waals surface area (Å²) >= 11 is 0. The summed E-state index contributed by atoms with van der Waals surface area (Å²) in [6.45, 7) is 0.451. The molecule has 0 fully saturated rings. The van der Waals surface area contributed by atoms with Crippen molar-refractivity contribution in [3.8, 4) is 0 Å². The molecule has 0 bridgehead atoms. The first-order valence-electron chi connectivity index (χ1n) is 2.40. The van der Waals surface area contributed by atoms with Crippen LogP contribution in [0.5, 0.6) is 0 Å². The van der Waals surface area contributed by atoms with E-state index in [0.717, 1.165) is 0 Å². The summed E-state index contributed by atoms with van der Waals surface area (Å²) in [7, 11) is -0.366. The fourth-order valence-corrected chi connectivity index (χ4v) is 0.930. The predicted molar refractivity (Wildman–Crippen MR) is 36.3 cm³/mol. The van der Waals surface area contributed by atoms with Crippen molar-refractivity contribution in [3.05, 3.63) is 0 Å². The normalized spacial score (nSPS) is 17.4. The highest BCUT2D eigenvalue weighted by molar-refractivity contribution is 7.92. The Morgan fingerprint density at radius 1 is 1.75 bits per heavy atom. The van der Waals surface area contributed by atoms with Gasteiger partial charge in [0.05, 0.1) is 0 Å². The zero-order valence-corrected chi connectivity index (χ0v) is 6.07. The Kier molecular flexibility index (Phi) is 3.01.